The van der Waals surface area contributed by atoms with Crippen LogP contribution in [-0.4, -0.2) is 5.11 Å². The first-order chi connectivity index (χ1) is 9.04. The van der Waals surface area contributed by atoms with E-state index in [9.17, 15) is 5.11 Å². The maximum absolute atomic E-state index is 9.87. The van der Waals surface area contributed by atoms with Gasteiger partial charge in [0.25, 0.3) is 0 Å². The molecule has 0 aliphatic rings. The fraction of sp³-hybridized carbons (Fsp3) is 0.647. The Morgan fingerprint density at radius 2 is 1.55 bits per heavy atom. The topological polar surface area (TPSA) is 20.2 Å². The van der Waals surface area contributed by atoms with Gasteiger partial charge in [0.05, 0.1) is 8.95 Å². The Bertz CT molecular complexity index is 455. The van der Waals surface area contributed by atoms with Gasteiger partial charge in [-0.15, -0.1) is 0 Å². The van der Waals surface area contributed by atoms with Crippen LogP contribution in [0, 0.1) is 10.8 Å². The van der Waals surface area contributed by atoms with Gasteiger partial charge in [0, 0.05) is 0 Å². The summed E-state index contributed by atoms with van der Waals surface area (Å²) < 4.78 is 1.50. The first-order valence-electron chi connectivity index (χ1n) is 7.22. The molecule has 0 fully saturated rings. The van der Waals surface area contributed by atoms with Crippen LogP contribution in [0.4, 0.5) is 0 Å². The number of hydrogen-bond acceptors (Lipinski definition) is 1. The third-order valence-electron chi connectivity index (χ3n) is 5.24. The van der Waals surface area contributed by atoms with Gasteiger partial charge >= 0.3 is 0 Å². The quantitative estimate of drug-likeness (QED) is 0.566. The van der Waals surface area contributed by atoms with E-state index in [0.29, 0.717) is 5.92 Å². The van der Waals surface area contributed by atoms with E-state index in [1.54, 1.807) is 0 Å². The molecule has 0 aliphatic heterocycles. The Labute approximate surface area is 140 Å². The highest BCUT2D eigenvalue weighted by Crippen LogP contribution is 2.52. The Morgan fingerprint density at radius 3 is 1.95 bits per heavy atom. The van der Waals surface area contributed by atoms with Gasteiger partial charge in [0.1, 0.15) is 5.75 Å². The SMILES string of the molecule is CCCC(C)(C)C(C)(C)C(C)c1cc(Br)c(O)c(Br)c1. The van der Waals surface area contributed by atoms with E-state index in [4.69, 9.17) is 0 Å². The summed E-state index contributed by atoms with van der Waals surface area (Å²) in [6, 6.07) is 4.07. The summed E-state index contributed by atoms with van der Waals surface area (Å²) in [5.41, 5.74) is 1.67. The first kappa shape index (κ1) is 18.0. The molecule has 0 aliphatic carbocycles. The van der Waals surface area contributed by atoms with Crippen LogP contribution in [0.1, 0.15) is 65.9 Å². The molecular weight excluding hydrogens is 380 g/mol. The minimum Gasteiger partial charge on any atom is -0.506 e. The summed E-state index contributed by atoms with van der Waals surface area (Å²) in [7, 11) is 0. The van der Waals surface area contributed by atoms with Gasteiger partial charge in [-0.2, -0.15) is 0 Å². The molecule has 1 unspecified atom stereocenters. The predicted molar refractivity (Wildman–Crippen MR) is 94.4 cm³/mol. The van der Waals surface area contributed by atoms with Crippen molar-refractivity contribution < 1.29 is 5.11 Å². The van der Waals surface area contributed by atoms with Gasteiger partial charge in [-0.05, 0) is 72.7 Å². The zero-order valence-corrected chi connectivity index (χ0v) is 16.5. The number of benzene rings is 1. The zero-order valence-electron chi connectivity index (χ0n) is 13.3. The van der Waals surface area contributed by atoms with E-state index in [1.165, 1.54) is 18.4 Å². The van der Waals surface area contributed by atoms with Crippen LogP contribution < -0.4 is 0 Å². The lowest BCUT2D eigenvalue weighted by atomic mass is 9.58. The van der Waals surface area contributed by atoms with Gasteiger partial charge in [-0.1, -0.05) is 48.0 Å². The normalized spacial score (nSPS) is 14.4. The van der Waals surface area contributed by atoms with E-state index in [1.807, 2.05) is 12.1 Å². The molecule has 114 valence electrons. The predicted octanol–water partition coefficient (Wildman–Crippen LogP) is 6.87. The minimum atomic E-state index is 0.166. The van der Waals surface area contributed by atoms with Crippen LogP contribution in [0.15, 0.2) is 21.1 Å². The average molecular weight is 406 g/mol. The highest BCUT2D eigenvalue weighted by atomic mass is 79.9. The molecule has 0 heterocycles. The molecule has 1 atom stereocenters. The van der Waals surface area contributed by atoms with Crippen molar-refractivity contribution in [1.82, 2.24) is 0 Å². The third-order valence-corrected chi connectivity index (χ3v) is 6.45. The molecule has 1 N–H and O–H groups in total. The molecule has 20 heavy (non-hydrogen) atoms. The molecule has 0 aromatic heterocycles. The number of phenolic OH excluding ortho intramolecular Hbond substituents is 1. The number of aromatic hydroxyl groups is 1. The van der Waals surface area contributed by atoms with Crippen LogP contribution in [0.2, 0.25) is 0 Å². The lowest BCUT2D eigenvalue weighted by molar-refractivity contribution is 0.0713. The Kier molecular flexibility index (Phi) is 5.76. The second-order valence-corrected chi connectivity index (χ2v) is 8.62. The van der Waals surface area contributed by atoms with Gasteiger partial charge in [-0.3, -0.25) is 0 Å². The highest BCUT2D eigenvalue weighted by molar-refractivity contribution is 9.11. The van der Waals surface area contributed by atoms with Gasteiger partial charge in [0.15, 0.2) is 0 Å². The van der Waals surface area contributed by atoms with Crippen LogP contribution in [0.5, 0.6) is 5.75 Å². The van der Waals surface area contributed by atoms with Gasteiger partial charge in [0.2, 0.25) is 0 Å². The summed E-state index contributed by atoms with van der Waals surface area (Å²) >= 11 is 6.87. The monoisotopic (exact) mass is 404 g/mol. The molecule has 0 amide bonds. The second kappa shape index (κ2) is 6.39. The van der Waals surface area contributed by atoms with Crippen molar-refractivity contribution in [2.75, 3.05) is 0 Å². The average Bonchev–Trinajstić information content (AvgIpc) is 2.34. The standard InChI is InChI=1S/C17H26Br2O/c1-7-8-16(3,4)17(5,6)11(2)12-9-13(18)15(20)14(19)10-12/h9-11,20H,7-8H2,1-6H3. The molecule has 1 aromatic carbocycles. The summed E-state index contributed by atoms with van der Waals surface area (Å²) in [6.07, 6.45) is 2.41. The van der Waals surface area contributed by atoms with Crippen molar-refractivity contribution in [3.63, 3.8) is 0 Å². The van der Waals surface area contributed by atoms with E-state index in [2.05, 4.69) is 73.4 Å². The Balaban J connectivity index is 3.20. The molecule has 1 aromatic rings. The largest absolute Gasteiger partial charge is 0.506 e. The smallest absolute Gasteiger partial charge is 0.143 e. The maximum Gasteiger partial charge on any atom is 0.143 e. The van der Waals surface area contributed by atoms with Gasteiger partial charge < -0.3 is 5.11 Å². The number of halogens is 2. The molecule has 1 nitrogen and oxygen atoms in total. The fourth-order valence-corrected chi connectivity index (χ4v) is 4.01. The van der Waals surface area contributed by atoms with Crippen molar-refractivity contribution in [3.8, 4) is 5.75 Å². The minimum absolute atomic E-state index is 0.166. The van der Waals surface area contributed by atoms with Crippen molar-refractivity contribution in [2.24, 2.45) is 10.8 Å². The molecule has 0 spiro atoms. The third kappa shape index (κ3) is 3.41. The molecule has 0 radical (unpaired) electrons. The summed E-state index contributed by atoms with van der Waals surface area (Å²) in [6.45, 7) is 13.9. The fourth-order valence-electron chi connectivity index (χ4n) is 2.79. The van der Waals surface area contributed by atoms with Crippen LogP contribution in [-0.2, 0) is 0 Å². The lowest BCUT2D eigenvalue weighted by Crippen LogP contribution is -2.37. The number of hydrogen-bond donors (Lipinski definition) is 1. The van der Waals surface area contributed by atoms with Crippen LogP contribution in [0.25, 0.3) is 0 Å². The Hall–Kier alpha value is -0.0200. The van der Waals surface area contributed by atoms with Crippen LogP contribution in [0.3, 0.4) is 0 Å². The van der Waals surface area contributed by atoms with E-state index in [-0.39, 0.29) is 16.6 Å². The number of rotatable bonds is 5. The van der Waals surface area contributed by atoms with Gasteiger partial charge in [-0.25, -0.2) is 0 Å². The molecule has 3 heteroatoms. The lowest BCUT2D eigenvalue weighted by Gasteiger charge is -2.46. The summed E-state index contributed by atoms with van der Waals surface area (Å²) in [4.78, 5) is 0. The van der Waals surface area contributed by atoms with Crippen molar-refractivity contribution in [1.29, 1.82) is 0 Å². The van der Waals surface area contributed by atoms with Crippen molar-refractivity contribution in [2.45, 2.75) is 60.3 Å². The molecule has 1 rings (SSSR count). The van der Waals surface area contributed by atoms with E-state index >= 15 is 0 Å². The molecular formula is C17H26Br2O. The summed E-state index contributed by atoms with van der Waals surface area (Å²) in [5.74, 6) is 0.670. The maximum atomic E-state index is 9.87. The van der Waals surface area contributed by atoms with Crippen molar-refractivity contribution in [3.05, 3.63) is 26.6 Å². The van der Waals surface area contributed by atoms with E-state index in [0.717, 1.165) is 8.95 Å². The molecule has 0 bridgehead atoms. The molecule has 0 saturated carbocycles. The van der Waals surface area contributed by atoms with Crippen LogP contribution >= 0.6 is 31.9 Å². The second-order valence-electron chi connectivity index (χ2n) is 6.91. The Morgan fingerprint density at radius 1 is 1.10 bits per heavy atom. The van der Waals surface area contributed by atoms with Crippen molar-refractivity contribution >= 4 is 31.9 Å². The number of phenols is 1. The van der Waals surface area contributed by atoms with E-state index < -0.39 is 0 Å². The zero-order chi connectivity index (χ0) is 15.7. The highest BCUT2D eigenvalue weighted by Gasteiger charge is 2.41. The summed E-state index contributed by atoms with van der Waals surface area (Å²) in [5, 5.41) is 9.87. The first-order valence-corrected chi connectivity index (χ1v) is 8.81. The molecule has 0 saturated heterocycles.